The molecule has 0 atom stereocenters. The summed E-state index contributed by atoms with van der Waals surface area (Å²) in [6.07, 6.45) is 1.76. The number of fused-ring (bicyclic) bond motifs is 1. The second kappa shape index (κ2) is 4.11. The van der Waals surface area contributed by atoms with Gasteiger partial charge < -0.3 is 0 Å². The van der Waals surface area contributed by atoms with Gasteiger partial charge in [0, 0.05) is 5.56 Å². The van der Waals surface area contributed by atoms with Crippen molar-refractivity contribution in [3.05, 3.63) is 47.9 Å². The van der Waals surface area contributed by atoms with Gasteiger partial charge in [0.2, 0.25) is 0 Å². The molecule has 0 N–H and O–H groups in total. The van der Waals surface area contributed by atoms with Crippen molar-refractivity contribution in [2.75, 3.05) is 0 Å². The second-order valence-electron chi connectivity index (χ2n) is 6.23. The predicted octanol–water partition coefficient (Wildman–Crippen LogP) is 3.27. The van der Waals surface area contributed by atoms with Gasteiger partial charge in [-0.1, -0.05) is 30.3 Å². The minimum Gasteiger partial charge on any atom is -0.255 e. The first-order valence-corrected chi connectivity index (χ1v) is 6.76. The minimum atomic E-state index is -0.656. The van der Waals surface area contributed by atoms with E-state index in [1.807, 2.05) is 58.0 Å². The molecule has 0 saturated carbocycles. The molecule has 4 heteroatoms. The van der Waals surface area contributed by atoms with Gasteiger partial charge >= 0.3 is 0 Å². The van der Waals surface area contributed by atoms with E-state index in [2.05, 4.69) is 4.98 Å². The number of hydroxylamine groups is 2. The first-order chi connectivity index (χ1) is 9.35. The largest absolute Gasteiger partial charge is 0.255 e. The Morgan fingerprint density at radius 1 is 0.950 bits per heavy atom. The van der Waals surface area contributed by atoms with Crippen molar-refractivity contribution in [1.82, 2.24) is 15.0 Å². The molecule has 0 unspecified atom stereocenters. The molecular weight excluding hydrogens is 250 g/mol. The quantitative estimate of drug-likeness (QED) is 0.797. The molecule has 3 rings (SSSR count). The molecule has 1 aromatic carbocycles. The number of benzene rings is 1. The van der Waals surface area contributed by atoms with Crippen LogP contribution in [0.3, 0.4) is 0 Å². The molecule has 0 aliphatic carbocycles. The summed E-state index contributed by atoms with van der Waals surface area (Å²) in [6.45, 7) is 7.59. The first kappa shape index (κ1) is 13.2. The molecule has 0 fully saturated rings. The summed E-state index contributed by atoms with van der Waals surface area (Å²) in [6, 6.07) is 9.91. The Kier molecular flexibility index (Phi) is 2.71. The molecule has 0 amide bonds. The van der Waals surface area contributed by atoms with Crippen molar-refractivity contribution < 1.29 is 5.21 Å². The third kappa shape index (κ3) is 1.69. The van der Waals surface area contributed by atoms with Gasteiger partial charge in [0.1, 0.15) is 0 Å². The molecule has 4 nitrogen and oxygen atoms in total. The monoisotopic (exact) mass is 268 g/mol. The molecule has 0 bridgehead atoms. The average molecular weight is 268 g/mol. The summed E-state index contributed by atoms with van der Waals surface area (Å²) >= 11 is 0. The lowest BCUT2D eigenvalue weighted by molar-refractivity contribution is -0.267. The highest BCUT2D eigenvalue weighted by molar-refractivity contribution is 5.58. The zero-order valence-corrected chi connectivity index (χ0v) is 12.2. The molecule has 0 saturated heterocycles. The maximum Gasteiger partial charge on any atom is 0.0889 e. The van der Waals surface area contributed by atoms with E-state index < -0.39 is 11.1 Å². The van der Waals surface area contributed by atoms with E-state index >= 15 is 0 Å². The van der Waals surface area contributed by atoms with Gasteiger partial charge in [-0.3, -0.25) is 4.98 Å². The van der Waals surface area contributed by atoms with Crippen molar-refractivity contribution in [2.24, 2.45) is 0 Å². The van der Waals surface area contributed by atoms with Gasteiger partial charge in [-0.2, -0.15) is 0 Å². The molecule has 1 radical (unpaired) electrons. The molecule has 1 aliphatic rings. The minimum absolute atomic E-state index is 0.638. The zero-order chi connectivity index (χ0) is 14.5. The van der Waals surface area contributed by atoms with Crippen LogP contribution in [0.4, 0.5) is 0 Å². The highest BCUT2D eigenvalue weighted by Crippen LogP contribution is 2.46. The number of hydrogen-bond acceptors (Lipinski definition) is 3. The molecule has 103 valence electrons. The highest BCUT2D eigenvalue weighted by Gasteiger charge is 2.52. The summed E-state index contributed by atoms with van der Waals surface area (Å²) in [5.74, 6) is 0. The standard InChI is InChI=1S/C16H18N3O/c1-15(2)13-14(16(3,4)19(15)20)18-12(10-17-13)11-8-6-5-7-9-11/h5-10H,1-4H3. The van der Waals surface area contributed by atoms with Crippen molar-refractivity contribution >= 4 is 0 Å². The highest BCUT2D eigenvalue weighted by atomic mass is 16.5. The smallest absolute Gasteiger partial charge is 0.0889 e. The summed E-state index contributed by atoms with van der Waals surface area (Å²) in [7, 11) is 0. The Bertz CT molecular complexity index is 650. The van der Waals surface area contributed by atoms with Gasteiger partial charge in [0.15, 0.2) is 0 Å². The third-order valence-corrected chi connectivity index (χ3v) is 4.02. The summed E-state index contributed by atoms with van der Waals surface area (Å²) in [5.41, 5.74) is 2.08. The van der Waals surface area contributed by atoms with E-state index in [0.29, 0.717) is 0 Å². The van der Waals surface area contributed by atoms with Gasteiger partial charge in [0.05, 0.1) is 34.4 Å². The van der Waals surface area contributed by atoms with Crippen molar-refractivity contribution in [3.63, 3.8) is 0 Å². The Balaban J connectivity index is 2.18. The fourth-order valence-corrected chi connectivity index (χ4v) is 2.90. The Morgan fingerprint density at radius 2 is 1.55 bits per heavy atom. The van der Waals surface area contributed by atoms with Crippen LogP contribution < -0.4 is 0 Å². The summed E-state index contributed by atoms with van der Waals surface area (Å²) in [5, 5.41) is 13.6. The Hall–Kier alpha value is -1.78. The maximum absolute atomic E-state index is 12.5. The lowest BCUT2D eigenvalue weighted by Crippen LogP contribution is -2.41. The predicted molar refractivity (Wildman–Crippen MR) is 76.0 cm³/mol. The molecule has 2 heterocycles. The van der Waals surface area contributed by atoms with E-state index in [9.17, 15) is 5.21 Å². The van der Waals surface area contributed by atoms with Crippen LogP contribution in [0.5, 0.6) is 0 Å². The summed E-state index contributed by atoms with van der Waals surface area (Å²) in [4.78, 5) is 9.25. The number of aromatic nitrogens is 2. The van der Waals surface area contributed by atoms with Gasteiger partial charge in [0.25, 0.3) is 0 Å². The van der Waals surface area contributed by atoms with E-state index in [0.717, 1.165) is 27.7 Å². The fraction of sp³-hybridized carbons (Fsp3) is 0.375. The molecule has 1 aliphatic heterocycles. The Labute approximate surface area is 119 Å². The van der Waals surface area contributed by atoms with Gasteiger partial charge in [-0.15, -0.1) is 10.3 Å². The Morgan fingerprint density at radius 3 is 2.20 bits per heavy atom. The van der Waals surface area contributed by atoms with E-state index in [1.54, 1.807) is 6.20 Å². The third-order valence-electron chi connectivity index (χ3n) is 4.02. The molecular formula is C16H18N3O. The molecule has 20 heavy (non-hydrogen) atoms. The fourth-order valence-electron chi connectivity index (χ4n) is 2.90. The molecule has 2 aromatic rings. The summed E-state index contributed by atoms with van der Waals surface area (Å²) < 4.78 is 0. The van der Waals surface area contributed by atoms with Crippen LogP contribution in [0, 0.1) is 0 Å². The van der Waals surface area contributed by atoms with Crippen molar-refractivity contribution in [2.45, 2.75) is 38.8 Å². The molecule has 1 aromatic heterocycles. The van der Waals surface area contributed by atoms with Crippen LogP contribution in [-0.4, -0.2) is 15.0 Å². The van der Waals surface area contributed by atoms with Gasteiger partial charge in [-0.05, 0) is 27.7 Å². The van der Waals surface area contributed by atoms with Crippen molar-refractivity contribution in [3.8, 4) is 11.3 Å². The van der Waals surface area contributed by atoms with Crippen molar-refractivity contribution in [1.29, 1.82) is 0 Å². The SMILES string of the molecule is CC1(C)c2ncc(-c3ccccc3)nc2C(C)(C)N1[O]. The number of nitrogens with zero attached hydrogens (tertiary/aromatic N) is 3. The van der Waals surface area contributed by atoms with Crippen LogP contribution in [0.2, 0.25) is 0 Å². The number of rotatable bonds is 1. The van der Waals surface area contributed by atoms with Gasteiger partial charge in [-0.25, -0.2) is 4.98 Å². The topological polar surface area (TPSA) is 48.9 Å². The van der Waals surface area contributed by atoms with E-state index in [-0.39, 0.29) is 0 Å². The molecule has 0 spiro atoms. The van der Waals surface area contributed by atoms with Crippen LogP contribution in [0.15, 0.2) is 36.5 Å². The van der Waals surface area contributed by atoms with Crippen LogP contribution in [0.1, 0.15) is 39.1 Å². The number of hydrogen-bond donors (Lipinski definition) is 0. The lowest BCUT2D eigenvalue weighted by atomic mass is 10.00. The van der Waals surface area contributed by atoms with Crippen LogP contribution >= 0.6 is 0 Å². The first-order valence-electron chi connectivity index (χ1n) is 6.76. The van der Waals surface area contributed by atoms with E-state index in [4.69, 9.17) is 4.98 Å². The van der Waals surface area contributed by atoms with Crippen LogP contribution in [-0.2, 0) is 16.3 Å². The average Bonchev–Trinajstić information content (AvgIpc) is 2.58. The normalized spacial score (nSPS) is 19.9. The van der Waals surface area contributed by atoms with E-state index in [1.165, 1.54) is 0 Å². The van der Waals surface area contributed by atoms with Crippen LogP contribution in [0.25, 0.3) is 11.3 Å². The zero-order valence-electron chi connectivity index (χ0n) is 12.2. The lowest BCUT2D eigenvalue weighted by Gasteiger charge is -2.31. The second-order valence-corrected chi connectivity index (χ2v) is 6.23. The maximum atomic E-state index is 12.5.